The van der Waals surface area contributed by atoms with Gasteiger partial charge in [-0.1, -0.05) is 11.6 Å². The molecule has 0 saturated carbocycles. The number of hydrogen-bond acceptors (Lipinski definition) is 5. The fourth-order valence-corrected chi connectivity index (χ4v) is 3.15. The van der Waals surface area contributed by atoms with Crippen molar-refractivity contribution < 1.29 is 9.59 Å². The highest BCUT2D eigenvalue weighted by atomic mass is 35.5. The van der Waals surface area contributed by atoms with Crippen molar-refractivity contribution >= 4 is 23.4 Å². The van der Waals surface area contributed by atoms with Crippen LogP contribution in [0, 0.1) is 17.2 Å². The molecule has 0 bridgehead atoms. The van der Waals surface area contributed by atoms with Gasteiger partial charge in [0.15, 0.2) is 0 Å². The van der Waals surface area contributed by atoms with E-state index in [-0.39, 0.29) is 35.5 Å². The van der Waals surface area contributed by atoms with Crippen molar-refractivity contribution in [2.75, 3.05) is 19.6 Å². The van der Waals surface area contributed by atoms with Crippen LogP contribution in [0.15, 0.2) is 18.3 Å². The first kappa shape index (κ1) is 19.2. The van der Waals surface area contributed by atoms with Gasteiger partial charge in [0.2, 0.25) is 5.91 Å². The van der Waals surface area contributed by atoms with Gasteiger partial charge in [0.05, 0.1) is 17.6 Å². The van der Waals surface area contributed by atoms with Gasteiger partial charge in [-0.25, -0.2) is 4.98 Å². The summed E-state index contributed by atoms with van der Waals surface area (Å²) in [5.41, 5.74) is 6.06. The van der Waals surface area contributed by atoms with Crippen molar-refractivity contribution in [3.63, 3.8) is 0 Å². The van der Waals surface area contributed by atoms with Gasteiger partial charge in [-0.05, 0) is 37.8 Å². The zero-order valence-electron chi connectivity index (χ0n) is 13.9. The van der Waals surface area contributed by atoms with E-state index in [1.807, 2.05) is 0 Å². The van der Waals surface area contributed by atoms with Crippen LogP contribution >= 0.6 is 11.6 Å². The standard InChI is InChI=1S/C17H22ClN5O2/c18-15-14(6-2-7-21-15)16(24)22-8-1-4-12(10-19)17(25)23-9-3-5-13(23)11-20/h2,6-7,12-13H,1,3-5,8-10,19H2,(H,22,24). The Morgan fingerprint density at radius 1 is 1.56 bits per heavy atom. The van der Waals surface area contributed by atoms with Gasteiger partial charge < -0.3 is 16.0 Å². The second kappa shape index (κ2) is 9.35. The fraction of sp³-hybridized carbons (Fsp3) is 0.529. The largest absolute Gasteiger partial charge is 0.352 e. The van der Waals surface area contributed by atoms with E-state index >= 15 is 0 Å². The number of halogens is 1. The fourth-order valence-electron chi connectivity index (χ4n) is 2.94. The molecule has 2 unspecified atom stereocenters. The molecule has 2 heterocycles. The Kier molecular flexibility index (Phi) is 7.16. The molecule has 1 aromatic heterocycles. The molecule has 1 fully saturated rings. The molecule has 0 radical (unpaired) electrons. The Labute approximate surface area is 152 Å². The number of hydrogen-bond donors (Lipinski definition) is 2. The Hall–Kier alpha value is -2.17. The molecule has 1 aromatic rings. The number of nitriles is 1. The van der Waals surface area contributed by atoms with Crippen molar-refractivity contribution in [3.8, 4) is 6.07 Å². The molecule has 3 N–H and O–H groups in total. The van der Waals surface area contributed by atoms with Gasteiger partial charge >= 0.3 is 0 Å². The number of likely N-dealkylation sites (tertiary alicyclic amines) is 1. The predicted octanol–water partition coefficient (Wildman–Crippen LogP) is 1.33. The summed E-state index contributed by atoms with van der Waals surface area (Å²) >= 11 is 5.88. The summed E-state index contributed by atoms with van der Waals surface area (Å²) in [4.78, 5) is 30.0. The molecule has 2 atom stereocenters. The van der Waals surface area contributed by atoms with Crippen LogP contribution in [0.4, 0.5) is 0 Å². The van der Waals surface area contributed by atoms with E-state index in [0.717, 1.165) is 12.8 Å². The molecule has 7 nitrogen and oxygen atoms in total. The predicted molar refractivity (Wildman–Crippen MR) is 93.7 cm³/mol. The molecule has 1 aliphatic rings. The lowest BCUT2D eigenvalue weighted by atomic mass is 10.0. The minimum absolute atomic E-state index is 0.0619. The van der Waals surface area contributed by atoms with E-state index in [2.05, 4.69) is 16.4 Å². The third kappa shape index (κ3) is 4.91. The maximum absolute atomic E-state index is 12.5. The Morgan fingerprint density at radius 2 is 2.36 bits per heavy atom. The average molecular weight is 364 g/mol. The quantitative estimate of drug-likeness (QED) is 0.560. The van der Waals surface area contributed by atoms with Gasteiger partial charge in [0.1, 0.15) is 11.2 Å². The highest BCUT2D eigenvalue weighted by molar-refractivity contribution is 6.32. The van der Waals surface area contributed by atoms with Crippen LogP contribution in [-0.2, 0) is 4.79 Å². The highest BCUT2D eigenvalue weighted by Crippen LogP contribution is 2.20. The molecule has 134 valence electrons. The van der Waals surface area contributed by atoms with E-state index < -0.39 is 0 Å². The summed E-state index contributed by atoms with van der Waals surface area (Å²) in [7, 11) is 0. The zero-order valence-corrected chi connectivity index (χ0v) is 14.7. The number of carbonyl (C=O) groups excluding carboxylic acids is 2. The summed E-state index contributed by atoms with van der Waals surface area (Å²) in [5, 5.41) is 12.0. The number of nitrogens with one attached hydrogen (secondary N) is 1. The van der Waals surface area contributed by atoms with Crippen LogP contribution < -0.4 is 11.1 Å². The monoisotopic (exact) mass is 363 g/mol. The molecule has 1 saturated heterocycles. The molecule has 0 aliphatic carbocycles. The molecule has 0 aromatic carbocycles. The molecular formula is C17H22ClN5O2. The number of nitrogens with two attached hydrogens (primary N) is 1. The van der Waals surface area contributed by atoms with Crippen molar-refractivity contribution in [1.82, 2.24) is 15.2 Å². The van der Waals surface area contributed by atoms with Crippen LogP contribution in [0.3, 0.4) is 0 Å². The Bertz CT molecular complexity index is 661. The molecule has 8 heteroatoms. The van der Waals surface area contributed by atoms with Crippen molar-refractivity contribution in [2.45, 2.75) is 31.7 Å². The van der Waals surface area contributed by atoms with Gasteiger partial charge in [0.25, 0.3) is 5.91 Å². The van der Waals surface area contributed by atoms with E-state index in [9.17, 15) is 9.59 Å². The first-order chi connectivity index (χ1) is 12.1. The number of pyridine rings is 1. The average Bonchev–Trinajstić information content (AvgIpc) is 3.10. The Morgan fingerprint density at radius 3 is 3.04 bits per heavy atom. The molecule has 25 heavy (non-hydrogen) atoms. The van der Waals surface area contributed by atoms with Crippen LogP contribution in [-0.4, -0.2) is 47.4 Å². The van der Waals surface area contributed by atoms with Crippen molar-refractivity contribution in [1.29, 1.82) is 5.26 Å². The maximum atomic E-state index is 12.5. The highest BCUT2D eigenvalue weighted by Gasteiger charge is 2.32. The summed E-state index contributed by atoms with van der Waals surface area (Å²) in [6.45, 7) is 1.26. The van der Waals surface area contributed by atoms with Crippen LogP contribution in [0.5, 0.6) is 0 Å². The Balaban J connectivity index is 1.79. The normalized spacial score (nSPS) is 17.8. The lowest BCUT2D eigenvalue weighted by Crippen LogP contribution is -2.41. The minimum atomic E-state index is -0.339. The van der Waals surface area contributed by atoms with E-state index in [1.165, 1.54) is 6.20 Å². The van der Waals surface area contributed by atoms with Gasteiger partial charge in [-0.2, -0.15) is 5.26 Å². The van der Waals surface area contributed by atoms with E-state index in [1.54, 1.807) is 17.0 Å². The summed E-state index contributed by atoms with van der Waals surface area (Å²) in [5.74, 6) is -0.682. The van der Waals surface area contributed by atoms with Crippen molar-refractivity contribution in [2.24, 2.45) is 11.7 Å². The molecule has 0 spiro atoms. The van der Waals surface area contributed by atoms with Crippen LogP contribution in [0.1, 0.15) is 36.0 Å². The lowest BCUT2D eigenvalue weighted by Gasteiger charge is -2.24. The third-order valence-electron chi connectivity index (χ3n) is 4.34. The molecular weight excluding hydrogens is 342 g/mol. The summed E-state index contributed by atoms with van der Waals surface area (Å²) in [6, 6.07) is 5.08. The second-order valence-corrected chi connectivity index (χ2v) is 6.35. The first-order valence-corrected chi connectivity index (χ1v) is 8.75. The SMILES string of the molecule is N#CC1CCCN1C(=O)C(CN)CCCNC(=O)c1cccnc1Cl. The topological polar surface area (TPSA) is 112 Å². The molecule has 1 aliphatic heterocycles. The lowest BCUT2D eigenvalue weighted by molar-refractivity contribution is -0.135. The summed E-state index contributed by atoms with van der Waals surface area (Å²) < 4.78 is 0. The maximum Gasteiger partial charge on any atom is 0.254 e. The first-order valence-electron chi connectivity index (χ1n) is 8.37. The number of aromatic nitrogens is 1. The number of carbonyl (C=O) groups is 2. The van der Waals surface area contributed by atoms with Gasteiger partial charge in [-0.3, -0.25) is 9.59 Å². The second-order valence-electron chi connectivity index (χ2n) is 5.99. The number of nitrogens with zero attached hydrogens (tertiary/aromatic N) is 3. The van der Waals surface area contributed by atoms with Crippen molar-refractivity contribution in [3.05, 3.63) is 29.0 Å². The zero-order chi connectivity index (χ0) is 18.2. The molecule has 2 amide bonds. The van der Waals surface area contributed by atoms with E-state index in [4.69, 9.17) is 22.6 Å². The van der Waals surface area contributed by atoms with E-state index in [0.29, 0.717) is 31.5 Å². The summed E-state index contributed by atoms with van der Waals surface area (Å²) in [6.07, 6.45) is 4.27. The number of rotatable bonds is 7. The van der Waals surface area contributed by atoms with Gasteiger partial charge in [0, 0.05) is 25.8 Å². The van der Waals surface area contributed by atoms with Gasteiger partial charge in [-0.15, -0.1) is 0 Å². The number of amides is 2. The smallest absolute Gasteiger partial charge is 0.254 e. The minimum Gasteiger partial charge on any atom is -0.352 e. The third-order valence-corrected chi connectivity index (χ3v) is 4.64. The molecule has 2 rings (SSSR count). The van der Waals surface area contributed by atoms with Crippen LogP contribution in [0.2, 0.25) is 5.15 Å². The van der Waals surface area contributed by atoms with Crippen LogP contribution in [0.25, 0.3) is 0 Å².